The van der Waals surface area contributed by atoms with Crippen molar-refractivity contribution in [3.63, 3.8) is 0 Å². The Hall–Kier alpha value is -3.05. The molecule has 0 aliphatic rings. The van der Waals surface area contributed by atoms with Crippen LogP contribution in [-0.2, 0) is 0 Å². The minimum Gasteiger partial charge on any atom is -0.508 e. The molecule has 0 saturated heterocycles. The van der Waals surface area contributed by atoms with E-state index in [9.17, 15) is 9.90 Å². The molecule has 0 unspecified atom stereocenters. The Morgan fingerprint density at radius 1 is 1.12 bits per heavy atom. The van der Waals surface area contributed by atoms with Crippen LogP contribution in [0.1, 0.15) is 16.1 Å². The highest BCUT2D eigenvalue weighted by atomic mass is 35.5. The van der Waals surface area contributed by atoms with Gasteiger partial charge in [0.2, 0.25) is 0 Å². The quantitative estimate of drug-likeness (QED) is 0.563. The van der Waals surface area contributed by atoms with Gasteiger partial charge in [0.25, 0.3) is 5.91 Å². The van der Waals surface area contributed by atoms with Crippen molar-refractivity contribution in [3.8, 4) is 11.4 Å². The van der Waals surface area contributed by atoms with Crippen LogP contribution in [0.25, 0.3) is 5.69 Å². The molecular weight excluding hydrogens is 326 g/mol. The largest absolute Gasteiger partial charge is 0.508 e. The van der Waals surface area contributed by atoms with Crippen LogP contribution in [0.3, 0.4) is 0 Å². The van der Waals surface area contributed by atoms with Crippen molar-refractivity contribution >= 4 is 23.7 Å². The van der Waals surface area contributed by atoms with E-state index in [1.54, 1.807) is 54.7 Å². The van der Waals surface area contributed by atoms with E-state index in [-0.39, 0.29) is 11.7 Å². The second kappa shape index (κ2) is 7.02. The van der Waals surface area contributed by atoms with E-state index in [2.05, 4.69) is 10.5 Å². The fourth-order valence-electron chi connectivity index (χ4n) is 2.20. The van der Waals surface area contributed by atoms with Crippen molar-refractivity contribution in [2.75, 3.05) is 0 Å². The highest BCUT2D eigenvalue weighted by molar-refractivity contribution is 6.30. The maximum atomic E-state index is 12.0. The number of benzene rings is 2. The second-order valence-corrected chi connectivity index (χ2v) is 5.47. The maximum absolute atomic E-state index is 12.0. The molecule has 24 heavy (non-hydrogen) atoms. The first kappa shape index (κ1) is 15.8. The molecule has 0 fully saturated rings. The molecule has 0 radical (unpaired) electrons. The maximum Gasteiger partial charge on any atom is 0.271 e. The van der Waals surface area contributed by atoms with Gasteiger partial charge < -0.3 is 9.67 Å². The molecule has 0 spiro atoms. The van der Waals surface area contributed by atoms with Gasteiger partial charge in [-0.05, 0) is 54.6 Å². The van der Waals surface area contributed by atoms with Crippen LogP contribution < -0.4 is 5.43 Å². The fraction of sp³-hybridized carbons (Fsp3) is 0. The molecule has 0 atom stereocenters. The van der Waals surface area contributed by atoms with Gasteiger partial charge >= 0.3 is 0 Å². The van der Waals surface area contributed by atoms with Gasteiger partial charge in [0.05, 0.1) is 11.9 Å². The van der Waals surface area contributed by atoms with E-state index >= 15 is 0 Å². The number of rotatable bonds is 4. The van der Waals surface area contributed by atoms with Gasteiger partial charge in [-0.15, -0.1) is 0 Å². The summed E-state index contributed by atoms with van der Waals surface area (Å²) in [6, 6.07) is 17.2. The Labute approximate surface area is 143 Å². The number of amides is 1. The lowest BCUT2D eigenvalue weighted by molar-refractivity contribution is 0.0955. The summed E-state index contributed by atoms with van der Waals surface area (Å²) < 4.78 is 1.88. The second-order valence-electron chi connectivity index (χ2n) is 5.03. The number of aromatic hydroxyl groups is 1. The molecule has 0 aliphatic carbocycles. The number of nitrogens with zero attached hydrogens (tertiary/aromatic N) is 2. The molecule has 1 heterocycles. The SMILES string of the molecule is O=C(N/N=C\c1cccn1-c1ccc(O)cc1)c1cccc(Cl)c1. The highest BCUT2D eigenvalue weighted by Crippen LogP contribution is 2.15. The van der Waals surface area contributed by atoms with E-state index in [1.807, 2.05) is 22.9 Å². The van der Waals surface area contributed by atoms with E-state index < -0.39 is 0 Å². The lowest BCUT2D eigenvalue weighted by Crippen LogP contribution is -2.17. The van der Waals surface area contributed by atoms with Crippen LogP contribution in [-0.4, -0.2) is 21.8 Å². The lowest BCUT2D eigenvalue weighted by atomic mass is 10.2. The Kier molecular flexibility index (Phi) is 4.63. The minimum absolute atomic E-state index is 0.204. The molecule has 2 N–H and O–H groups in total. The smallest absolute Gasteiger partial charge is 0.271 e. The van der Waals surface area contributed by atoms with Gasteiger partial charge in [-0.1, -0.05) is 17.7 Å². The predicted octanol–water partition coefficient (Wildman–Crippen LogP) is 3.60. The van der Waals surface area contributed by atoms with Crippen molar-refractivity contribution in [3.05, 3.63) is 83.1 Å². The summed E-state index contributed by atoms with van der Waals surface area (Å²) in [6.07, 6.45) is 3.42. The van der Waals surface area contributed by atoms with Crippen LogP contribution in [0.5, 0.6) is 5.75 Å². The van der Waals surface area contributed by atoms with E-state index in [1.165, 1.54) is 0 Å². The summed E-state index contributed by atoms with van der Waals surface area (Å²) in [5, 5.41) is 13.8. The van der Waals surface area contributed by atoms with Gasteiger partial charge in [-0.25, -0.2) is 5.43 Å². The zero-order chi connectivity index (χ0) is 16.9. The zero-order valence-electron chi connectivity index (χ0n) is 12.6. The third-order valence-electron chi connectivity index (χ3n) is 3.36. The first-order valence-corrected chi connectivity index (χ1v) is 7.57. The van der Waals surface area contributed by atoms with E-state index in [0.717, 1.165) is 11.4 Å². The molecule has 120 valence electrons. The first-order chi connectivity index (χ1) is 11.6. The van der Waals surface area contributed by atoms with Gasteiger partial charge in [-0.2, -0.15) is 5.10 Å². The molecule has 2 aromatic carbocycles. The number of carbonyl (C=O) groups is 1. The molecule has 1 amide bonds. The molecule has 0 saturated carbocycles. The van der Waals surface area contributed by atoms with Gasteiger partial charge in [0.15, 0.2) is 0 Å². The average molecular weight is 340 g/mol. The molecular formula is C18H14ClN3O2. The number of nitrogens with one attached hydrogen (secondary N) is 1. The Morgan fingerprint density at radius 3 is 2.67 bits per heavy atom. The molecule has 6 heteroatoms. The predicted molar refractivity (Wildman–Crippen MR) is 93.9 cm³/mol. The fourth-order valence-corrected chi connectivity index (χ4v) is 2.39. The van der Waals surface area contributed by atoms with Crippen LogP contribution in [0, 0.1) is 0 Å². The lowest BCUT2D eigenvalue weighted by Gasteiger charge is -2.06. The summed E-state index contributed by atoms with van der Waals surface area (Å²) in [5.41, 5.74) is 4.57. The number of hydrogen-bond donors (Lipinski definition) is 2. The number of phenolic OH excluding ortho intramolecular Hbond substituents is 1. The summed E-state index contributed by atoms with van der Waals surface area (Å²) >= 11 is 5.86. The van der Waals surface area contributed by atoms with Crippen molar-refractivity contribution in [2.45, 2.75) is 0 Å². The van der Waals surface area contributed by atoms with Crippen molar-refractivity contribution in [2.24, 2.45) is 5.10 Å². The molecule has 3 rings (SSSR count). The molecule has 0 aliphatic heterocycles. The number of aromatic nitrogens is 1. The first-order valence-electron chi connectivity index (χ1n) is 7.19. The van der Waals surface area contributed by atoms with Gasteiger partial charge in [-0.3, -0.25) is 4.79 Å². The van der Waals surface area contributed by atoms with Gasteiger partial charge in [0.1, 0.15) is 5.75 Å². The summed E-state index contributed by atoms with van der Waals surface area (Å²) in [5.74, 6) is -0.133. The molecule has 5 nitrogen and oxygen atoms in total. The van der Waals surface area contributed by atoms with Crippen molar-refractivity contribution < 1.29 is 9.90 Å². The third kappa shape index (κ3) is 3.64. The van der Waals surface area contributed by atoms with Crippen LogP contribution >= 0.6 is 11.6 Å². The number of halogens is 1. The van der Waals surface area contributed by atoms with Crippen LogP contribution in [0.15, 0.2) is 72.0 Å². The summed E-state index contributed by atoms with van der Waals surface area (Å²) in [4.78, 5) is 12.0. The van der Waals surface area contributed by atoms with Gasteiger partial charge in [0, 0.05) is 22.5 Å². The van der Waals surface area contributed by atoms with Crippen molar-refractivity contribution in [1.29, 1.82) is 0 Å². The summed E-state index contributed by atoms with van der Waals surface area (Å²) in [6.45, 7) is 0. The van der Waals surface area contributed by atoms with E-state index in [4.69, 9.17) is 11.6 Å². The monoisotopic (exact) mass is 339 g/mol. The standard InChI is InChI=1S/C18H14ClN3O2/c19-14-4-1-3-13(11-14)18(24)21-20-12-16-5-2-10-22(16)15-6-8-17(23)9-7-15/h1-12,23H,(H,21,24)/b20-12-. The average Bonchev–Trinajstić information content (AvgIpc) is 3.04. The molecule has 1 aromatic heterocycles. The van der Waals surface area contributed by atoms with E-state index in [0.29, 0.717) is 10.6 Å². The number of hydrazone groups is 1. The number of carbonyl (C=O) groups excluding carboxylic acids is 1. The normalized spacial score (nSPS) is 10.9. The Bertz CT molecular complexity index is 885. The topological polar surface area (TPSA) is 66.6 Å². The number of hydrogen-bond acceptors (Lipinski definition) is 3. The number of phenols is 1. The van der Waals surface area contributed by atoms with Crippen LogP contribution in [0.2, 0.25) is 5.02 Å². The highest BCUT2D eigenvalue weighted by Gasteiger charge is 2.05. The Morgan fingerprint density at radius 2 is 1.92 bits per heavy atom. The third-order valence-corrected chi connectivity index (χ3v) is 3.59. The molecule has 3 aromatic rings. The van der Waals surface area contributed by atoms with Crippen LogP contribution in [0.4, 0.5) is 0 Å². The molecule has 0 bridgehead atoms. The summed E-state index contributed by atoms with van der Waals surface area (Å²) in [7, 11) is 0. The minimum atomic E-state index is -0.337. The van der Waals surface area contributed by atoms with Crippen molar-refractivity contribution in [1.82, 2.24) is 9.99 Å². The Balaban J connectivity index is 1.73. The zero-order valence-corrected chi connectivity index (χ0v) is 13.3.